The number of halogens is 3. The summed E-state index contributed by atoms with van der Waals surface area (Å²) in [5.41, 5.74) is 5.99. The summed E-state index contributed by atoms with van der Waals surface area (Å²) < 4.78 is 48.0. The second-order valence-electron chi connectivity index (χ2n) is 7.42. The van der Waals surface area contributed by atoms with Crippen LogP contribution in [-0.4, -0.2) is 30.4 Å². The molecule has 0 unspecified atom stereocenters. The fourth-order valence-corrected chi connectivity index (χ4v) is 3.51. The van der Waals surface area contributed by atoms with Gasteiger partial charge in [0, 0.05) is 29.8 Å². The Balaban J connectivity index is 1.49. The van der Waals surface area contributed by atoms with Crippen LogP contribution in [0.25, 0.3) is 22.3 Å². The summed E-state index contributed by atoms with van der Waals surface area (Å²) in [5, 5.41) is 10.3. The Bertz CT molecular complexity index is 1510. The number of alkyl halides is 3. The van der Waals surface area contributed by atoms with Crippen molar-refractivity contribution in [1.82, 2.24) is 24.5 Å². The van der Waals surface area contributed by atoms with Crippen LogP contribution in [-0.2, 0) is 6.18 Å². The molecule has 0 aliphatic heterocycles. The van der Waals surface area contributed by atoms with Gasteiger partial charge in [0.1, 0.15) is 11.5 Å². The first-order valence-corrected chi connectivity index (χ1v) is 9.95. The normalized spacial score (nSPS) is 11.8. The van der Waals surface area contributed by atoms with Gasteiger partial charge < -0.3 is 20.1 Å². The van der Waals surface area contributed by atoms with Crippen LogP contribution in [0, 0.1) is 6.92 Å². The third-order valence-corrected chi connectivity index (χ3v) is 5.19. The van der Waals surface area contributed by atoms with Crippen LogP contribution < -0.4 is 11.1 Å². The fraction of sp³-hybridized carbons (Fsp3) is 0.0909. The number of fused-ring (bicyclic) bond motifs is 1. The number of imidazole rings is 1. The molecule has 34 heavy (non-hydrogen) atoms. The Morgan fingerprint density at radius 1 is 1.09 bits per heavy atom. The van der Waals surface area contributed by atoms with Gasteiger partial charge in [-0.3, -0.25) is 4.79 Å². The number of amides is 1. The molecular weight excluding hydrogens is 451 g/mol. The molecule has 12 heteroatoms. The van der Waals surface area contributed by atoms with Gasteiger partial charge in [0.2, 0.25) is 0 Å². The molecule has 1 amide bonds. The second-order valence-corrected chi connectivity index (χ2v) is 7.42. The number of carbonyl (C=O) groups excluding carboxylic acids is 1. The Hall–Kier alpha value is -4.61. The average molecular weight is 467 g/mol. The van der Waals surface area contributed by atoms with Gasteiger partial charge in [-0.2, -0.15) is 18.3 Å². The van der Waals surface area contributed by atoms with Gasteiger partial charge in [-0.15, -0.1) is 0 Å². The Morgan fingerprint density at radius 3 is 2.50 bits per heavy atom. The molecule has 0 aliphatic rings. The van der Waals surface area contributed by atoms with E-state index in [4.69, 9.17) is 10.3 Å². The summed E-state index contributed by atoms with van der Waals surface area (Å²) in [4.78, 5) is 17.1. The van der Waals surface area contributed by atoms with Crippen LogP contribution >= 0.6 is 0 Å². The van der Waals surface area contributed by atoms with Gasteiger partial charge in [-0.05, 0) is 49.4 Å². The van der Waals surface area contributed by atoms with Crippen molar-refractivity contribution in [2.24, 2.45) is 0 Å². The minimum atomic E-state index is -4.75. The molecule has 3 N–H and O–H groups in total. The van der Waals surface area contributed by atoms with Crippen LogP contribution in [0.4, 0.5) is 24.7 Å². The molecule has 2 aromatic carbocycles. The number of benzene rings is 2. The topological polar surface area (TPSA) is 117 Å². The lowest BCUT2D eigenvalue weighted by atomic mass is 10.2. The van der Waals surface area contributed by atoms with E-state index < -0.39 is 17.8 Å². The highest BCUT2D eigenvalue weighted by molar-refractivity contribution is 6.03. The van der Waals surface area contributed by atoms with Gasteiger partial charge >= 0.3 is 6.18 Å². The molecule has 0 spiro atoms. The van der Waals surface area contributed by atoms with Crippen molar-refractivity contribution in [3.63, 3.8) is 0 Å². The van der Waals surface area contributed by atoms with E-state index in [1.54, 1.807) is 36.7 Å². The monoisotopic (exact) mass is 467 g/mol. The number of aromatic nitrogens is 5. The van der Waals surface area contributed by atoms with Gasteiger partial charge in [0.15, 0.2) is 17.1 Å². The maximum absolute atomic E-state index is 13.4. The van der Waals surface area contributed by atoms with E-state index in [-0.39, 0.29) is 17.2 Å². The quantitative estimate of drug-likeness (QED) is 0.406. The van der Waals surface area contributed by atoms with Crippen molar-refractivity contribution in [1.29, 1.82) is 0 Å². The number of carbonyl (C=O) groups is 1. The molecule has 3 heterocycles. The summed E-state index contributed by atoms with van der Waals surface area (Å²) in [6.07, 6.45) is -1.29. The number of nitrogens with two attached hydrogens (primary N) is 1. The standard InChI is InChI=1S/C22H16F3N7O2/c1-12-27-8-9-31(12)14-4-2-13(3-5-14)28-21(33)17-11-19(22(23,24)25)29-32(17)15-6-7-18-16(10-15)20(26)30-34-18/h2-11H,1H3,(H2,26,30)(H,28,33). The van der Waals surface area contributed by atoms with E-state index >= 15 is 0 Å². The molecular formula is C22H16F3N7O2. The van der Waals surface area contributed by atoms with E-state index in [1.807, 2.05) is 11.5 Å². The van der Waals surface area contributed by atoms with Crippen molar-refractivity contribution in [3.05, 3.63) is 78.1 Å². The molecule has 3 aromatic heterocycles. The van der Waals surface area contributed by atoms with Crippen molar-refractivity contribution < 1.29 is 22.5 Å². The number of aryl methyl sites for hydroxylation is 1. The zero-order valence-corrected chi connectivity index (χ0v) is 17.5. The van der Waals surface area contributed by atoms with E-state index in [0.29, 0.717) is 22.7 Å². The van der Waals surface area contributed by atoms with E-state index in [2.05, 4.69) is 20.6 Å². The van der Waals surface area contributed by atoms with Crippen molar-refractivity contribution >= 4 is 28.4 Å². The Morgan fingerprint density at radius 2 is 1.82 bits per heavy atom. The number of nitrogen functional groups attached to an aromatic ring is 1. The summed E-state index contributed by atoms with van der Waals surface area (Å²) in [5.74, 6) is 0.0815. The zero-order chi connectivity index (χ0) is 24.0. The predicted molar refractivity (Wildman–Crippen MR) is 117 cm³/mol. The van der Waals surface area contributed by atoms with Crippen LogP contribution in [0.3, 0.4) is 0 Å². The molecule has 0 atom stereocenters. The summed E-state index contributed by atoms with van der Waals surface area (Å²) in [6.45, 7) is 1.85. The number of rotatable bonds is 4. The highest BCUT2D eigenvalue weighted by Gasteiger charge is 2.36. The van der Waals surface area contributed by atoms with E-state index in [0.717, 1.165) is 16.2 Å². The first kappa shape index (κ1) is 21.2. The van der Waals surface area contributed by atoms with E-state index in [9.17, 15) is 18.0 Å². The molecule has 9 nitrogen and oxygen atoms in total. The smallest absolute Gasteiger partial charge is 0.380 e. The summed E-state index contributed by atoms with van der Waals surface area (Å²) >= 11 is 0. The minimum Gasteiger partial charge on any atom is -0.380 e. The van der Waals surface area contributed by atoms with E-state index in [1.165, 1.54) is 18.2 Å². The van der Waals surface area contributed by atoms with Gasteiger partial charge in [-0.1, -0.05) is 5.16 Å². The maximum atomic E-state index is 13.4. The molecule has 5 aromatic rings. The molecule has 172 valence electrons. The number of nitrogens with one attached hydrogen (secondary N) is 1. The lowest BCUT2D eigenvalue weighted by Gasteiger charge is -2.10. The molecule has 0 radical (unpaired) electrons. The van der Waals surface area contributed by atoms with Gasteiger partial charge in [0.25, 0.3) is 5.91 Å². The lowest BCUT2D eigenvalue weighted by molar-refractivity contribution is -0.141. The van der Waals surface area contributed by atoms with Crippen LogP contribution in [0.2, 0.25) is 0 Å². The minimum absolute atomic E-state index is 0.0688. The molecule has 5 rings (SSSR count). The predicted octanol–water partition coefficient (Wildman–Crippen LogP) is 4.36. The molecule has 0 saturated carbocycles. The molecule has 0 aliphatic carbocycles. The van der Waals surface area contributed by atoms with Crippen molar-refractivity contribution in [3.8, 4) is 11.4 Å². The summed E-state index contributed by atoms with van der Waals surface area (Å²) in [6, 6.07) is 11.9. The number of hydrogen-bond acceptors (Lipinski definition) is 6. The van der Waals surface area contributed by atoms with Crippen LogP contribution in [0.15, 0.2) is 65.4 Å². The third kappa shape index (κ3) is 3.74. The highest BCUT2D eigenvalue weighted by atomic mass is 19.4. The fourth-order valence-electron chi connectivity index (χ4n) is 3.51. The first-order valence-electron chi connectivity index (χ1n) is 9.95. The molecule has 0 saturated heterocycles. The van der Waals surface area contributed by atoms with Crippen LogP contribution in [0.5, 0.6) is 0 Å². The number of hydrogen-bond donors (Lipinski definition) is 2. The summed E-state index contributed by atoms with van der Waals surface area (Å²) in [7, 11) is 0. The van der Waals surface area contributed by atoms with Crippen molar-refractivity contribution in [2.45, 2.75) is 13.1 Å². The average Bonchev–Trinajstić information content (AvgIpc) is 3.52. The largest absolute Gasteiger partial charge is 0.435 e. The second kappa shape index (κ2) is 7.76. The Labute approximate surface area is 189 Å². The van der Waals surface area contributed by atoms with Crippen molar-refractivity contribution in [2.75, 3.05) is 11.1 Å². The maximum Gasteiger partial charge on any atom is 0.435 e. The van der Waals surface area contributed by atoms with Gasteiger partial charge in [0.05, 0.1) is 11.1 Å². The Kier molecular flexibility index (Phi) is 4.85. The lowest BCUT2D eigenvalue weighted by Crippen LogP contribution is -2.17. The number of anilines is 2. The first-order chi connectivity index (χ1) is 16.2. The van der Waals surface area contributed by atoms with Gasteiger partial charge in [-0.25, -0.2) is 9.67 Å². The van der Waals surface area contributed by atoms with Crippen LogP contribution in [0.1, 0.15) is 22.0 Å². The third-order valence-electron chi connectivity index (χ3n) is 5.19. The SMILES string of the molecule is Cc1nccn1-c1ccc(NC(=O)c2cc(C(F)(F)F)nn2-c2ccc3onc(N)c3c2)cc1. The molecule has 0 bridgehead atoms. The zero-order valence-electron chi connectivity index (χ0n) is 17.5. The molecule has 0 fully saturated rings. The number of nitrogens with zero attached hydrogens (tertiary/aromatic N) is 5. The highest BCUT2D eigenvalue weighted by Crippen LogP contribution is 2.31.